The van der Waals surface area contributed by atoms with Crippen molar-refractivity contribution < 1.29 is 19.0 Å². The van der Waals surface area contributed by atoms with E-state index in [0.717, 1.165) is 38.0 Å². The number of hydrogen-bond acceptors (Lipinski definition) is 8. The summed E-state index contributed by atoms with van der Waals surface area (Å²) in [5.41, 5.74) is 2.00. The molecule has 37 heavy (non-hydrogen) atoms. The maximum Gasteiger partial charge on any atom is 0.229 e. The number of rotatable bonds is 11. The predicted octanol–water partition coefficient (Wildman–Crippen LogP) is 4.21. The molecule has 0 radical (unpaired) electrons. The molecular formula is C28H35N5O4. The minimum atomic E-state index is -0.0630. The second kappa shape index (κ2) is 12.8. The van der Waals surface area contributed by atoms with Gasteiger partial charge in [-0.25, -0.2) is 4.98 Å². The molecule has 196 valence electrons. The fourth-order valence-electron chi connectivity index (χ4n) is 4.56. The number of methoxy groups -OCH3 is 3. The minimum Gasteiger partial charge on any atom is -0.493 e. The van der Waals surface area contributed by atoms with Gasteiger partial charge < -0.3 is 29.7 Å². The van der Waals surface area contributed by atoms with Gasteiger partial charge in [-0.15, -0.1) is 0 Å². The summed E-state index contributed by atoms with van der Waals surface area (Å²) in [6, 6.07) is 15.8. The lowest BCUT2D eigenvalue weighted by atomic mass is 9.97. The number of amides is 1. The van der Waals surface area contributed by atoms with E-state index >= 15 is 0 Å². The van der Waals surface area contributed by atoms with Crippen molar-refractivity contribution in [3.63, 3.8) is 0 Å². The summed E-state index contributed by atoms with van der Waals surface area (Å²) in [5.74, 6) is 2.87. The molecule has 1 atom stereocenters. The molecule has 3 aromatic rings. The maximum absolute atomic E-state index is 12.9. The zero-order valence-corrected chi connectivity index (χ0v) is 21.7. The molecule has 1 aliphatic rings. The van der Waals surface area contributed by atoms with Crippen molar-refractivity contribution in [1.82, 2.24) is 15.3 Å². The van der Waals surface area contributed by atoms with Gasteiger partial charge in [0.05, 0.1) is 27.2 Å². The molecule has 0 aliphatic carbocycles. The van der Waals surface area contributed by atoms with Gasteiger partial charge in [0, 0.05) is 43.7 Å². The van der Waals surface area contributed by atoms with Crippen LogP contribution in [0.1, 0.15) is 24.8 Å². The number of aryl methyl sites for hydroxylation is 1. The van der Waals surface area contributed by atoms with E-state index in [1.54, 1.807) is 39.7 Å². The molecule has 2 N–H and O–H groups in total. The Kier molecular flexibility index (Phi) is 9.02. The van der Waals surface area contributed by atoms with Gasteiger partial charge in [0.2, 0.25) is 17.6 Å². The van der Waals surface area contributed by atoms with Gasteiger partial charge in [0.15, 0.2) is 11.5 Å². The molecule has 9 heteroatoms. The molecule has 1 fully saturated rings. The van der Waals surface area contributed by atoms with Crippen molar-refractivity contribution in [1.29, 1.82) is 0 Å². The molecule has 9 nitrogen and oxygen atoms in total. The Hall–Kier alpha value is -4.01. The quantitative estimate of drug-likeness (QED) is 0.374. The highest BCUT2D eigenvalue weighted by atomic mass is 16.5. The van der Waals surface area contributed by atoms with Gasteiger partial charge in [0.25, 0.3) is 0 Å². The summed E-state index contributed by atoms with van der Waals surface area (Å²) in [4.78, 5) is 24.1. The molecular weight excluding hydrogens is 470 g/mol. The lowest BCUT2D eigenvalue weighted by Crippen LogP contribution is -2.43. The number of aromatic nitrogens is 2. The Bertz CT molecular complexity index is 1150. The summed E-state index contributed by atoms with van der Waals surface area (Å²) in [6.07, 6.45) is 5.41. The van der Waals surface area contributed by atoms with Gasteiger partial charge in [-0.1, -0.05) is 30.3 Å². The van der Waals surface area contributed by atoms with Crippen LogP contribution in [0, 0.1) is 5.92 Å². The minimum absolute atomic E-state index is 0.0630. The van der Waals surface area contributed by atoms with Crippen LogP contribution < -0.4 is 29.7 Å². The molecule has 0 saturated carbocycles. The maximum atomic E-state index is 12.9. The van der Waals surface area contributed by atoms with Crippen molar-refractivity contribution in [3.05, 3.63) is 60.3 Å². The average molecular weight is 506 g/mol. The van der Waals surface area contributed by atoms with Crippen molar-refractivity contribution >= 4 is 23.4 Å². The van der Waals surface area contributed by atoms with Gasteiger partial charge in [-0.3, -0.25) is 4.79 Å². The number of nitrogens with one attached hydrogen (secondary N) is 2. The molecule has 2 heterocycles. The molecule has 0 bridgehead atoms. The van der Waals surface area contributed by atoms with Gasteiger partial charge in [-0.05, 0) is 37.3 Å². The van der Waals surface area contributed by atoms with Crippen molar-refractivity contribution in [2.24, 2.45) is 5.92 Å². The topological polar surface area (TPSA) is 97.8 Å². The zero-order chi connectivity index (χ0) is 26.0. The lowest BCUT2D eigenvalue weighted by molar-refractivity contribution is -0.125. The van der Waals surface area contributed by atoms with Crippen molar-refractivity contribution in [2.75, 3.05) is 51.2 Å². The first-order valence-corrected chi connectivity index (χ1v) is 12.6. The number of carbonyl (C=O) groups excluding carboxylic acids is 1. The number of benzene rings is 2. The number of ether oxygens (including phenoxy) is 3. The first kappa shape index (κ1) is 26.1. The largest absolute Gasteiger partial charge is 0.493 e. The first-order chi connectivity index (χ1) is 18.1. The standard InChI is InChI=1S/C28H35N5O4/c1-35-23-17-22(18-24(36-2)26(23)37-3)31-28-30-15-13-25(32-28)33-16-8-12-21(19-33)27(34)29-14-7-11-20-9-5-4-6-10-20/h4-6,9-10,13,15,17-18,21H,7-8,11-12,14,16,19H2,1-3H3,(H,29,34)(H,30,31,32)/t21-/m0/s1. The van der Waals surface area contributed by atoms with Gasteiger partial charge in [0.1, 0.15) is 5.82 Å². The summed E-state index contributed by atoms with van der Waals surface area (Å²) < 4.78 is 16.3. The molecule has 1 saturated heterocycles. The first-order valence-electron chi connectivity index (χ1n) is 12.6. The molecule has 0 spiro atoms. The molecule has 1 amide bonds. The van der Waals surface area contributed by atoms with Crippen LogP contribution in [0.5, 0.6) is 17.2 Å². The van der Waals surface area contributed by atoms with Crippen molar-refractivity contribution in [3.8, 4) is 17.2 Å². The summed E-state index contributed by atoms with van der Waals surface area (Å²) in [7, 11) is 4.71. The Morgan fingerprint density at radius 2 is 1.81 bits per heavy atom. The van der Waals surface area contributed by atoms with E-state index in [1.807, 2.05) is 24.3 Å². The van der Waals surface area contributed by atoms with E-state index in [0.29, 0.717) is 42.0 Å². The van der Waals surface area contributed by atoms with Crippen LogP contribution in [0.2, 0.25) is 0 Å². The average Bonchev–Trinajstić information content (AvgIpc) is 2.95. The molecule has 2 aromatic carbocycles. The Morgan fingerprint density at radius 1 is 1.05 bits per heavy atom. The highest BCUT2D eigenvalue weighted by Crippen LogP contribution is 2.40. The van der Waals surface area contributed by atoms with Crippen LogP contribution in [0.25, 0.3) is 0 Å². The number of piperidine rings is 1. The normalized spacial score (nSPS) is 15.1. The summed E-state index contributed by atoms with van der Waals surface area (Å²) >= 11 is 0. The van der Waals surface area contributed by atoms with E-state index in [9.17, 15) is 4.79 Å². The van der Waals surface area contributed by atoms with Gasteiger partial charge >= 0.3 is 0 Å². The zero-order valence-electron chi connectivity index (χ0n) is 21.7. The van der Waals surface area contributed by atoms with Crippen LogP contribution in [0.4, 0.5) is 17.5 Å². The van der Waals surface area contributed by atoms with Crippen LogP contribution in [-0.2, 0) is 11.2 Å². The van der Waals surface area contributed by atoms with E-state index in [1.165, 1.54) is 5.56 Å². The van der Waals surface area contributed by atoms with Crippen LogP contribution >= 0.6 is 0 Å². The molecule has 4 rings (SSSR count). The Labute approximate surface area is 218 Å². The summed E-state index contributed by atoms with van der Waals surface area (Å²) in [6.45, 7) is 2.16. The number of carbonyl (C=O) groups is 1. The number of nitrogens with zero attached hydrogens (tertiary/aromatic N) is 3. The van der Waals surface area contributed by atoms with E-state index in [2.05, 4.69) is 32.7 Å². The van der Waals surface area contributed by atoms with Gasteiger partial charge in [-0.2, -0.15) is 4.98 Å². The smallest absolute Gasteiger partial charge is 0.229 e. The molecule has 1 aliphatic heterocycles. The number of hydrogen-bond donors (Lipinski definition) is 2. The molecule has 1 aromatic heterocycles. The van der Waals surface area contributed by atoms with E-state index in [-0.39, 0.29) is 11.8 Å². The predicted molar refractivity (Wildman–Crippen MR) is 144 cm³/mol. The highest BCUT2D eigenvalue weighted by molar-refractivity contribution is 5.79. The van der Waals surface area contributed by atoms with E-state index < -0.39 is 0 Å². The third kappa shape index (κ3) is 6.81. The second-order valence-electron chi connectivity index (χ2n) is 8.94. The third-order valence-corrected chi connectivity index (χ3v) is 6.46. The van der Waals surface area contributed by atoms with Crippen LogP contribution in [0.3, 0.4) is 0 Å². The Balaban J connectivity index is 1.35. The lowest BCUT2D eigenvalue weighted by Gasteiger charge is -2.33. The second-order valence-corrected chi connectivity index (χ2v) is 8.94. The third-order valence-electron chi connectivity index (χ3n) is 6.46. The highest BCUT2D eigenvalue weighted by Gasteiger charge is 2.26. The van der Waals surface area contributed by atoms with Crippen molar-refractivity contribution in [2.45, 2.75) is 25.7 Å². The molecule has 0 unspecified atom stereocenters. The monoisotopic (exact) mass is 505 g/mol. The van der Waals surface area contributed by atoms with Crippen LogP contribution in [0.15, 0.2) is 54.7 Å². The SMILES string of the molecule is COc1cc(Nc2nccc(N3CCC[C@H](C(=O)NCCCc4ccccc4)C3)n2)cc(OC)c1OC. The van der Waals surface area contributed by atoms with E-state index in [4.69, 9.17) is 19.2 Å². The fraction of sp³-hybridized carbons (Fsp3) is 0.393. The summed E-state index contributed by atoms with van der Waals surface area (Å²) in [5, 5.41) is 6.35. The fourth-order valence-corrected chi connectivity index (χ4v) is 4.56. The number of anilines is 3. The van der Waals surface area contributed by atoms with Crippen LogP contribution in [-0.4, -0.2) is 56.8 Å². The Morgan fingerprint density at radius 3 is 2.51 bits per heavy atom.